The van der Waals surface area contributed by atoms with Gasteiger partial charge in [-0.25, -0.2) is 0 Å². The third-order valence-electron chi connectivity index (χ3n) is 7.78. The summed E-state index contributed by atoms with van der Waals surface area (Å²) in [6.45, 7) is 15.0. The lowest BCUT2D eigenvalue weighted by molar-refractivity contribution is -0.204. The minimum absolute atomic E-state index is 0.00892. The quantitative estimate of drug-likeness (QED) is 0.393. The molecule has 2 fully saturated rings. The van der Waals surface area contributed by atoms with Crippen molar-refractivity contribution in [3.05, 3.63) is 0 Å². The SMILES string of the molecule is CCOC(CC(C)C)(CC1(OC)CCCCC1(C)CC(C)C)C1CCCC1. The topological polar surface area (TPSA) is 18.5 Å². The summed E-state index contributed by atoms with van der Waals surface area (Å²) in [7, 11) is 1.99. The standard InChI is InChI=1S/C25H48O2/c1-8-27-24(18-21(4)5,22-13-9-10-14-22)19-25(26-7)16-12-11-15-23(25,6)17-20(2)3/h20-22H,8-19H2,1-7H3. The first-order valence-electron chi connectivity index (χ1n) is 11.9. The third-order valence-corrected chi connectivity index (χ3v) is 7.78. The minimum atomic E-state index is -0.0395. The Morgan fingerprint density at radius 1 is 0.963 bits per heavy atom. The predicted octanol–water partition coefficient (Wildman–Crippen LogP) is 7.40. The van der Waals surface area contributed by atoms with Gasteiger partial charge >= 0.3 is 0 Å². The number of hydrogen-bond acceptors (Lipinski definition) is 2. The lowest BCUT2D eigenvalue weighted by Crippen LogP contribution is -2.58. The van der Waals surface area contributed by atoms with Crippen LogP contribution in [0.2, 0.25) is 0 Å². The number of methoxy groups -OCH3 is 1. The lowest BCUT2D eigenvalue weighted by atomic mass is 9.56. The summed E-state index contributed by atoms with van der Waals surface area (Å²) in [5.41, 5.74) is 0.208. The fourth-order valence-electron chi connectivity index (χ4n) is 6.89. The molecule has 0 radical (unpaired) electrons. The van der Waals surface area contributed by atoms with Crippen LogP contribution in [0.15, 0.2) is 0 Å². The van der Waals surface area contributed by atoms with Gasteiger partial charge in [0.2, 0.25) is 0 Å². The summed E-state index contributed by atoms with van der Waals surface area (Å²) in [5.74, 6) is 2.07. The summed E-state index contributed by atoms with van der Waals surface area (Å²) in [6.07, 6.45) is 14.1. The maximum absolute atomic E-state index is 6.77. The molecule has 2 saturated carbocycles. The molecule has 2 aliphatic rings. The average molecular weight is 381 g/mol. The van der Waals surface area contributed by atoms with E-state index in [4.69, 9.17) is 9.47 Å². The monoisotopic (exact) mass is 380 g/mol. The van der Waals surface area contributed by atoms with E-state index in [0.29, 0.717) is 17.8 Å². The molecule has 0 heterocycles. The second-order valence-corrected chi connectivity index (χ2v) is 10.8. The molecule has 0 spiro atoms. The fourth-order valence-corrected chi connectivity index (χ4v) is 6.89. The largest absolute Gasteiger partial charge is 0.378 e. The van der Waals surface area contributed by atoms with Crippen molar-refractivity contribution in [2.24, 2.45) is 23.2 Å². The Bertz CT molecular complexity index is 440. The first kappa shape index (κ1) is 23.2. The van der Waals surface area contributed by atoms with Crippen LogP contribution < -0.4 is 0 Å². The van der Waals surface area contributed by atoms with Gasteiger partial charge in [0, 0.05) is 20.1 Å². The molecule has 0 aliphatic heterocycles. The second kappa shape index (κ2) is 9.61. The maximum Gasteiger partial charge on any atom is 0.0759 e. The highest BCUT2D eigenvalue weighted by atomic mass is 16.5. The van der Waals surface area contributed by atoms with E-state index in [-0.39, 0.29) is 16.6 Å². The maximum atomic E-state index is 6.77. The van der Waals surface area contributed by atoms with Gasteiger partial charge < -0.3 is 9.47 Å². The van der Waals surface area contributed by atoms with Gasteiger partial charge in [0.15, 0.2) is 0 Å². The third kappa shape index (κ3) is 5.10. The molecule has 0 aromatic carbocycles. The van der Waals surface area contributed by atoms with Crippen LogP contribution >= 0.6 is 0 Å². The molecule has 0 N–H and O–H groups in total. The van der Waals surface area contributed by atoms with E-state index in [2.05, 4.69) is 41.5 Å². The zero-order chi connectivity index (χ0) is 20.1. The molecular weight excluding hydrogens is 332 g/mol. The Labute approximate surface area is 170 Å². The van der Waals surface area contributed by atoms with Gasteiger partial charge in [-0.1, -0.05) is 60.3 Å². The van der Waals surface area contributed by atoms with Gasteiger partial charge in [-0.3, -0.25) is 0 Å². The molecule has 0 saturated heterocycles. The summed E-state index contributed by atoms with van der Waals surface area (Å²) < 4.78 is 13.3. The van der Waals surface area contributed by atoms with E-state index in [1.165, 1.54) is 64.2 Å². The number of hydrogen-bond donors (Lipinski definition) is 0. The highest BCUT2D eigenvalue weighted by molar-refractivity contribution is 5.07. The van der Waals surface area contributed by atoms with E-state index in [0.717, 1.165) is 13.0 Å². The van der Waals surface area contributed by atoms with Gasteiger partial charge in [0.05, 0.1) is 11.2 Å². The minimum Gasteiger partial charge on any atom is -0.378 e. The summed E-state index contributed by atoms with van der Waals surface area (Å²) in [6, 6.07) is 0. The van der Waals surface area contributed by atoms with Gasteiger partial charge in [-0.05, 0) is 68.6 Å². The highest BCUT2D eigenvalue weighted by Crippen LogP contribution is 2.56. The van der Waals surface area contributed by atoms with Crippen molar-refractivity contribution in [1.29, 1.82) is 0 Å². The Hall–Kier alpha value is -0.0800. The molecule has 27 heavy (non-hydrogen) atoms. The molecule has 2 heteroatoms. The van der Waals surface area contributed by atoms with E-state index in [9.17, 15) is 0 Å². The van der Waals surface area contributed by atoms with Crippen molar-refractivity contribution in [2.75, 3.05) is 13.7 Å². The molecule has 2 nitrogen and oxygen atoms in total. The molecular formula is C25H48O2. The van der Waals surface area contributed by atoms with E-state index in [1.807, 2.05) is 7.11 Å². The van der Waals surface area contributed by atoms with Gasteiger partial charge in [-0.2, -0.15) is 0 Å². The first-order chi connectivity index (χ1) is 12.7. The molecule has 160 valence electrons. The van der Waals surface area contributed by atoms with E-state index < -0.39 is 0 Å². The van der Waals surface area contributed by atoms with Crippen molar-refractivity contribution in [1.82, 2.24) is 0 Å². The normalized spacial score (nSPS) is 32.3. The van der Waals surface area contributed by atoms with Crippen molar-refractivity contribution >= 4 is 0 Å². The van der Waals surface area contributed by atoms with Crippen LogP contribution in [0.5, 0.6) is 0 Å². The van der Waals surface area contributed by atoms with Crippen LogP contribution in [0.1, 0.15) is 112 Å². The fraction of sp³-hybridized carbons (Fsp3) is 1.00. The van der Waals surface area contributed by atoms with Crippen molar-refractivity contribution in [3.8, 4) is 0 Å². The van der Waals surface area contributed by atoms with Crippen molar-refractivity contribution in [3.63, 3.8) is 0 Å². The van der Waals surface area contributed by atoms with Crippen molar-refractivity contribution in [2.45, 2.75) is 123 Å². The summed E-state index contributed by atoms with van der Waals surface area (Å²) >= 11 is 0. The Morgan fingerprint density at radius 2 is 1.59 bits per heavy atom. The van der Waals surface area contributed by atoms with Gasteiger partial charge in [-0.15, -0.1) is 0 Å². The Kier molecular flexibility index (Phi) is 8.26. The lowest BCUT2D eigenvalue weighted by Gasteiger charge is -2.56. The van der Waals surface area contributed by atoms with Gasteiger partial charge in [0.1, 0.15) is 0 Å². The molecule has 2 aliphatic carbocycles. The predicted molar refractivity (Wildman–Crippen MR) is 116 cm³/mol. The molecule has 0 aromatic rings. The molecule has 0 bridgehead atoms. The molecule has 0 amide bonds. The molecule has 0 aromatic heterocycles. The smallest absolute Gasteiger partial charge is 0.0759 e. The van der Waals surface area contributed by atoms with E-state index in [1.54, 1.807) is 0 Å². The number of rotatable bonds is 10. The number of ether oxygens (including phenoxy) is 2. The Balaban J connectivity index is 2.43. The summed E-state index contributed by atoms with van der Waals surface area (Å²) in [5, 5.41) is 0. The second-order valence-electron chi connectivity index (χ2n) is 10.8. The van der Waals surface area contributed by atoms with Crippen LogP contribution in [-0.2, 0) is 9.47 Å². The van der Waals surface area contributed by atoms with E-state index >= 15 is 0 Å². The van der Waals surface area contributed by atoms with Crippen LogP contribution in [0.4, 0.5) is 0 Å². The first-order valence-corrected chi connectivity index (χ1v) is 11.9. The van der Waals surface area contributed by atoms with Crippen LogP contribution in [0, 0.1) is 23.2 Å². The summed E-state index contributed by atoms with van der Waals surface area (Å²) in [4.78, 5) is 0. The molecule has 2 rings (SSSR count). The van der Waals surface area contributed by atoms with Crippen LogP contribution in [0.3, 0.4) is 0 Å². The van der Waals surface area contributed by atoms with Crippen LogP contribution in [0.25, 0.3) is 0 Å². The zero-order valence-corrected chi connectivity index (χ0v) is 19.5. The molecule has 3 unspecified atom stereocenters. The highest BCUT2D eigenvalue weighted by Gasteiger charge is 2.56. The molecule has 3 atom stereocenters. The van der Waals surface area contributed by atoms with Crippen molar-refractivity contribution < 1.29 is 9.47 Å². The average Bonchev–Trinajstić information content (AvgIpc) is 3.11. The zero-order valence-electron chi connectivity index (χ0n) is 19.5. The Morgan fingerprint density at radius 3 is 2.11 bits per heavy atom. The van der Waals surface area contributed by atoms with Gasteiger partial charge in [0.25, 0.3) is 0 Å². The van der Waals surface area contributed by atoms with Crippen LogP contribution in [-0.4, -0.2) is 24.9 Å².